The molecule has 1 saturated heterocycles. The minimum Gasteiger partial charge on any atom is -0.389 e. The van der Waals surface area contributed by atoms with Gasteiger partial charge in [0.1, 0.15) is 5.82 Å². The molecule has 23 heavy (non-hydrogen) atoms. The summed E-state index contributed by atoms with van der Waals surface area (Å²) in [6, 6.07) is 7.91. The van der Waals surface area contributed by atoms with Crippen molar-refractivity contribution >= 4 is 5.91 Å². The molecule has 1 fully saturated rings. The monoisotopic (exact) mass is 315 g/mol. The highest BCUT2D eigenvalue weighted by atomic mass is 19.1. The maximum atomic E-state index is 13.3. The van der Waals surface area contributed by atoms with Crippen molar-refractivity contribution < 1.29 is 14.3 Å². The number of hydrogen-bond donors (Lipinski definition) is 1. The van der Waals surface area contributed by atoms with Crippen LogP contribution in [-0.2, 0) is 6.42 Å². The summed E-state index contributed by atoms with van der Waals surface area (Å²) in [6.07, 6.45) is 4.25. The summed E-state index contributed by atoms with van der Waals surface area (Å²) in [5.74, 6) is -0.406. The lowest BCUT2D eigenvalue weighted by Gasteiger charge is -2.38. The van der Waals surface area contributed by atoms with Crippen molar-refractivity contribution in [2.45, 2.75) is 24.9 Å². The summed E-state index contributed by atoms with van der Waals surface area (Å²) >= 11 is 0. The van der Waals surface area contributed by atoms with E-state index in [4.69, 9.17) is 0 Å². The fourth-order valence-electron chi connectivity index (χ4n) is 2.93. The van der Waals surface area contributed by atoms with Crippen LogP contribution in [-0.4, -0.2) is 44.8 Å². The quantitative estimate of drug-likeness (QED) is 0.938. The molecular weight excluding hydrogens is 297 g/mol. The number of nitrogens with zero attached hydrogens (tertiary/aromatic N) is 3. The van der Waals surface area contributed by atoms with Crippen LogP contribution in [0.25, 0.3) is 0 Å². The molecule has 1 amide bonds. The molecule has 2 aromatic rings. The molecule has 0 radical (unpaired) electrons. The Labute approximate surface area is 133 Å². The molecule has 6 heteroatoms. The molecule has 0 unspecified atom stereocenters. The van der Waals surface area contributed by atoms with Gasteiger partial charge in [0.15, 0.2) is 0 Å². The zero-order valence-corrected chi connectivity index (χ0v) is 12.7. The molecule has 1 aliphatic heterocycles. The second-order valence-corrected chi connectivity index (χ2v) is 5.95. The molecule has 0 bridgehead atoms. The molecule has 2 heterocycles. The van der Waals surface area contributed by atoms with Gasteiger partial charge in [0.25, 0.3) is 5.91 Å². The van der Waals surface area contributed by atoms with E-state index >= 15 is 0 Å². The fraction of sp³-hybridized carbons (Fsp3) is 0.353. The Morgan fingerprint density at radius 1 is 1.26 bits per heavy atom. The topological polar surface area (TPSA) is 66.3 Å². The van der Waals surface area contributed by atoms with Gasteiger partial charge < -0.3 is 10.0 Å². The van der Waals surface area contributed by atoms with Crippen LogP contribution in [0.1, 0.15) is 28.8 Å². The standard InChI is InChI=1S/C17H18FN3O2/c18-15-3-1-2-13(10-15)11-17(23)5-8-21(9-6-17)16(22)14-4-7-19-20-12-14/h1-4,7,10,12,23H,5-6,8-9,11H2. The molecule has 1 N–H and O–H groups in total. The second-order valence-electron chi connectivity index (χ2n) is 5.95. The number of rotatable bonds is 3. The summed E-state index contributed by atoms with van der Waals surface area (Å²) in [4.78, 5) is 14.0. The third-order valence-electron chi connectivity index (χ3n) is 4.23. The third-order valence-corrected chi connectivity index (χ3v) is 4.23. The number of carbonyl (C=O) groups excluding carboxylic acids is 1. The molecule has 0 spiro atoms. The minimum atomic E-state index is -0.902. The Balaban J connectivity index is 1.62. The van der Waals surface area contributed by atoms with Gasteiger partial charge in [0, 0.05) is 19.5 Å². The molecule has 3 rings (SSSR count). The average Bonchev–Trinajstić information content (AvgIpc) is 2.55. The molecule has 1 aromatic carbocycles. The normalized spacial score (nSPS) is 17.0. The molecule has 0 saturated carbocycles. The van der Waals surface area contributed by atoms with Crippen molar-refractivity contribution in [3.8, 4) is 0 Å². The van der Waals surface area contributed by atoms with Crippen LogP contribution in [0.2, 0.25) is 0 Å². The van der Waals surface area contributed by atoms with Crippen molar-refractivity contribution in [3.05, 3.63) is 59.7 Å². The van der Waals surface area contributed by atoms with Crippen molar-refractivity contribution in [2.24, 2.45) is 0 Å². The van der Waals surface area contributed by atoms with E-state index in [1.54, 1.807) is 23.1 Å². The van der Waals surface area contributed by atoms with Gasteiger partial charge in [-0.05, 0) is 36.6 Å². The van der Waals surface area contributed by atoms with Gasteiger partial charge >= 0.3 is 0 Å². The van der Waals surface area contributed by atoms with Crippen molar-refractivity contribution in [3.63, 3.8) is 0 Å². The van der Waals surface area contributed by atoms with Gasteiger partial charge in [-0.15, -0.1) is 0 Å². The molecule has 1 aliphatic rings. The predicted molar refractivity (Wildman–Crippen MR) is 82.2 cm³/mol. The number of amides is 1. The number of likely N-dealkylation sites (tertiary alicyclic amines) is 1. The Morgan fingerprint density at radius 3 is 2.70 bits per heavy atom. The summed E-state index contributed by atoms with van der Waals surface area (Å²) in [7, 11) is 0. The zero-order chi connectivity index (χ0) is 16.3. The van der Waals surface area contributed by atoms with Crippen molar-refractivity contribution in [2.75, 3.05) is 13.1 Å². The van der Waals surface area contributed by atoms with Crippen LogP contribution in [0.5, 0.6) is 0 Å². The highest BCUT2D eigenvalue weighted by Crippen LogP contribution is 2.27. The lowest BCUT2D eigenvalue weighted by atomic mass is 9.85. The number of halogens is 1. The Hall–Kier alpha value is -2.34. The first-order valence-electron chi connectivity index (χ1n) is 7.59. The first kappa shape index (κ1) is 15.6. The summed E-state index contributed by atoms with van der Waals surface area (Å²) < 4.78 is 13.3. The molecule has 1 aromatic heterocycles. The summed E-state index contributed by atoms with van der Waals surface area (Å²) in [5, 5.41) is 18.1. The van der Waals surface area contributed by atoms with Gasteiger partial charge in [-0.2, -0.15) is 10.2 Å². The first-order chi connectivity index (χ1) is 11.1. The molecule has 0 atom stereocenters. The van der Waals surface area contributed by atoms with Gasteiger partial charge in [-0.1, -0.05) is 12.1 Å². The number of carbonyl (C=O) groups is 1. The van der Waals surface area contributed by atoms with E-state index in [1.807, 2.05) is 0 Å². The lowest BCUT2D eigenvalue weighted by Crippen LogP contribution is -2.47. The lowest BCUT2D eigenvalue weighted by molar-refractivity contribution is -0.0162. The molecular formula is C17H18FN3O2. The minimum absolute atomic E-state index is 0.104. The molecule has 5 nitrogen and oxygen atoms in total. The molecule has 120 valence electrons. The van der Waals surface area contributed by atoms with Crippen LogP contribution in [0.3, 0.4) is 0 Å². The molecule has 0 aliphatic carbocycles. The maximum absolute atomic E-state index is 13.3. The SMILES string of the molecule is O=C(c1ccnnc1)N1CCC(O)(Cc2cccc(F)c2)CC1. The number of hydrogen-bond acceptors (Lipinski definition) is 4. The number of aliphatic hydroxyl groups is 1. The predicted octanol–water partition coefficient (Wildman–Crippen LogP) is 1.83. The van der Waals surface area contributed by atoms with Crippen LogP contribution < -0.4 is 0 Å². The zero-order valence-electron chi connectivity index (χ0n) is 12.7. The third kappa shape index (κ3) is 3.71. The smallest absolute Gasteiger partial charge is 0.255 e. The van der Waals surface area contributed by atoms with E-state index < -0.39 is 5.60 Å². The fourth-order valence-corrected chi connectivity index (χ4v) is 2.93. The van der Waals surface area contributed by atoms with Gasteiger partial charge in [-0.25, -0.2) is 4.39 Å². The van der Waals surface area contributed by atoms with E-state index in [2.05, 4.69) is 10.2 Å². The van der Waals surface area contributed by atoms with Crippen molar-refractivity contribution in [1.29, 1.82) is 0 Å². The van der Waals surface area contributed by atoms with Gasteiger partial charge in [0.05, 0.1) is 23.6 Å². The Kier molecular flexibility index (Phi) is 4.34. The average molecular weight is 315 g/mol. The van der Waals surface area contributed by atoms with Crippen LogP contribution >= 0.6 is 0 Å². The first-order valence-corrected chi connectivity index (χ1v) is 7.59. The van der Waals surface area contributed by atoms with E-state index in [-0.39, 0.29) is 11.7 Å². The maximum Gasteiger partial charge on any atom is 0.255 e. The van der Waals surface area contributed by atoms with Crippen molar-refractivity contribution in [1.82, 2.24) is 15.1 Å². The van der Waals surface area contributed by atoms with Crippen LogP contribution in [0, 0.1) is 5.82 Å². The van der Waals surface area contributed by atoms with E-state index in [0.717, 1.165) is 5.56 Å². The van der Waals surface area contributed by atoms with E-state index in [0.29, 0.717) is 37.9 Å². The largest absolute Gasteiger partial charge is 0.389 e. The van der Waals surface area contributed by atoms with Crippen LogP contribution in [0.4, 0.5) is 4.39 Å². The number of piperidine rings is 1. The summed E-state index contributed by atoms with van der Waals surface area (Å²) in [6.45, 7) is 0.930. The highest BCUT2D eigenvalue weighted by Gasteiger charge is 2.34. The van der Waals surface area contributed by atoms with E-state index in [9.17, 15) is 14.3 Å². The second kappa shape index (κ2) is 6.42. The summed E-state index contributed by atoms with van der Waals surface area (Å²) in [5.41, 5.74) is 0.363. The number of aromatic nitrogens is 2. The highest BCUT2D eigenvalue weighted by molar-refractivity contribution is 5.93. The van der Waals surface area contributed by atoms with E-state index in [1.165, 1.54) is 24.5 Å². The van der Waals surface area contributed by atoms with Gasteiger partial charge in [-0.3, -0.25) is 4.79 Å². The Morgan fingerprint density at radius 2 is 2.04 bits per heavy atom. The number of benzene rings is 1. The van der Waals surface area contributed by atoms with Crippen LogP contribution in [0.15, 0.2) is 42.7 Å². The Bertz CT molecular complexity index is 685. The van der Waals surface area contributed by atoms with Gasteiger partial charge in [0.2, 0.25) is 0 Å².